The van der Waals surface area contributed by atoms with E-state index in [1.165, 1.54) is 14.0 Å². The molecule has 2 aromatic rings. The van der Waals surface area contributed by atoms with Gasteiger partial charge in [0.2, 0.25) is 5.78 Å². The van der Waals surface area contributed by atoms with Crippen molar-refractivity contribution in [1.29, 1.82) is 0 Å². The van der Waals surface area contributed by atoms with Crippen molar-refractivity contribution in [1.82, 2.24) is 4.57 Å². The largest absolute Gasteiger partial charge is 0.479 e. The van der Waals surface area contributed by atoms with Crippen molar-refractivity contribution in [3.63, 3.8) is 0 Å². The number of benzene rings is 1. The molecule has 1 atom stereocenters. The SMILES string of the molecule is CCn1c(C)c(C(=O)C(C)Oc2ccc(F)cc2F)c(C)c1C(=O)OC. The Kier molecular flexibility index (Phi) is 5.79. The normalized spacial score (nSPS) is 12.0. The average molecular weight is 365 g/mol. The molecule has 0 fully saturated rings. The molecular weight excluding hydrogens is 344 g/mol. The van der Waals surface area contributed by atoms with Gasteiger partial charge in [0.15, 0.2) is 17.7 Å². The maximum absolute atomic E-state index is 13.8. The fraction of sp³-hybridized carbons (Fsp3) is 0.368. The number of hydrogen-bond donors (Lipinski definition) is 0. The number of aromatic nitrogens is 1. The van der Waals surface area contributed by atoms with Crippen molar-refractivity contribution in [3.05, 3.63) is 52.3 Å². The fourth-order valence-electron chi connectivity index (χ4n) is 3.03. The number of nitrogens with zero attached hydrogens (tertiary/aromatic N) is 1. The van der Waals surface area contributed by atoms with Gasteiger partial charge in [-0.2, -0.15) is 0 Å². The van der Waals surface area contributed by atoms with Gasteiger partial charge in [0, 0.05) is 23.9 Å². The van der Waals surface area contributed by atoms with Crippen molar-refractivity contribution in [2.45, 2.75) is 40.3 Å². The Balaban J connectivity index is 2.39. The summed E-state index contributed by atoms with van der Waals surface area (Å²) in [6.45, 7) is 7.18. The molecule has 0 spiro atoms. The smallest absolute Gasteiger partial charge is 0.354 e. The van der Waals surface area contributed by atoms with Gasteiger partial charge in [0.05, 0.1) is 7.11 Å². The van der Waals surface area contributed by atoms with Gasteiger partial charge in [-0.05, 0) is 45.4 Å². The van der Waals surface area contributed by atoms with Crippen LogP contribution in [0.25, 0.3) is 0 Å². The Morgan fingerprint density at radius 2 is 1.88 bits per heavy atom. The number of esters is 1. The van der Waals surface area contributed by atoms with Crippen LogP contribution < -0.4 is 4.74 Å². The molecule has 0 N–H and O–H groups in total. The Morgan fingerprint density at radius 3 is 2.42 bits per heavy atom. The summed E-state index contributed by atoms with van der Waals surface area (Å²) >= 11 is 0. The Labute approximate surface area is 150 Å². The number of ketones is 1. The van der Waals surface area contributed by atoms with Crippen molar-refractivity contribution in [2.75, 3.05) is 7.11 Å². The molecule has 2 rings (SSSR count). The number of Topliss-reactive ketones (excluding diaryl/α,β-unsaturated/α-hetero) is 1. The molecular formula is C19H21F2NO4. The maximum atomic E-state index is 13.8. The van der Waals surface area contributed by atoms with E-state index in [9.17, 15) is 18.4 Å². The molecule has 0 aliphatic carbocycles. The van der Waals surface area contributed by atoms with Crippen molar-refractivity contribution < 1.29 is 27.8 Å². The molecule has 0 bridgehead atoms. The standard InChI is InChI=1S/C19H21F2NO4/c1-6-22-11(3)16(10(2)17(22)19(24)25-5)18(23)12(4)26-15-8-7-13(20)9-14(15)21/h7-9,12H,6H2,1-5H3. The van der Waals surface area contributed by atoms with Gasteiger partial charge in [-0.3, -0.25) is 4.79 Å². The second-order valence-corrected chi connectivity index (χ2v) is 5.87. The molecule has 140 valence electrons. The molecule has 1 heterocycles. The van der Waals surface area contributed by atoms with E-state index in [0.717, 1.165) is 12.1 Å². The van der Waals surface area contributed by atoms with E-state index >= 15 is 0 Å². The van der Waals surface area contributed by atoms with Crippen LogP contribution in [0.3, 0.4) is 0 Å². The lowest BCUT2D eigenvalue weighted by atomic mass is 10.0. The number of hydrogen-bond acceptors (Lipinski definition) is 4. The molecule has 26 heavy (non-hydrogen) atoms. The summed E-state index contributed by atoms with van der Waals surface area (Å²) in [5, 5.41) is 0. The number of ether oxygens (including phenoxy) is 2. The van der Waals surface area contributed by atoms with Crippen LogP contribution in [0.4, 0.5) is 8.78 Å². The van der Waals surface area contributed by atoms with E-state index in [2.05, 4.69) is 0 Å². The lowest BCUT2D eigenvalue weighted by Crippen LogP contribution is -2.25. The zero-order chi connectivity index (χ0) is 19.6. The molecule has 1 unspecified atom stereocenters. The quantitative estimate of drug-likeness (QED) is 0.576. The Hall–Kier alpha value is -2.70. The minimum Gasteiger partial charge on any atom is -0.479 e. The predicted octanol–water partition coefficient (Wildman–Crippen LogP) is 3.84. The molecule has 7 heteroatoms. The van der Waals surface area contributed by atoms with Crippen molar-refractivity contribution >= 4 is 11.8 Å². The minimum atomic E-state index is -1.02. The second kappa shape index (κ2) is 7.68. The van der Waals surface area contributed by atoms with E-state index in [1.807, 2.05) is 6.92 Å². The van der Waals surface area contributed by atoms with Crippen LogP contribution in [0.1, 0.15) is 46.0 Å². The summed E-state index contributed by atoms with van der Waals surface area (Å²) in [5.74, 6) is -2.78. The number of halogens is 2. The highest BCUT2D eigenvalue weighted by Crippen LogP contribution is 2.26. The van der Waals surface area contributed by atoms with Crippen LogP contribution in [0.2, 0.25) is 0 Å². The van der Waals surface area contributed by atoms with E-state index in [-0.39, 0.29) is 5.75 Å². The zero-order valence-electron chi connectivity index (χ0n) is 15.4. The maximum Gasteiger partial charge on any atom is 0.354 e. The molecule has 1 aromatic heterocycles. The second-order valence-electron chi connectivity index (χ2n) is 5.87. The van der Waals surface area contributed by atoms with Crippen LogP contribution in [-0.2, 0) is 11.3 Å². The van der Waals surface area contributed by atoms with Gasteiger partial charge in [-0.25, -0.2) is 13.6 Å². The molecule has 0 saturated carbocycles. The van der Waals surface area contributed by atoms with Crippen LogP contribution >= 0.6 is 0 Å². The van der Waals surface area contributed by atoms with E-state index < -0.39 is 29.5 Å². The van der Waals surface area contributed by atoms with Crippen molar-refractivity contribution in [2.24, 2.45) is 0 Å². The van der Waals surface area contributed by atoms with Crippen LogP contribution in [0, 0.1) is 25.5 Å². The number of rotatable bonds is 6. The summed E-state index contributed by atoms with van der Waals surface area (Å²) in [4.78, 5) is 24.9. The average Bonchev–Trinajstić information content (AvgIpc) is 2.85. The highest BCUT2D eigenvalue weighted by atomic mass is 19.1. The highest BCUT2D eigenvalue weighted by Gasteiger charge is 2.29. The molecule has 5 nitrogen and oxygen atoms in total. The molecule has 0 aliphatic rings. The molecule has 0 aliphatic heterocycles. The molecule has 0 amide bonds. The number of methoxy groups -OCH3 is 1. The lowest BCUT2D eigenvalue weighted by Gasteiger charge is -2.15. The third kappa shape index (κ3) is 3.47. The summed E-state index contributed by atoms with van der Waals surface area (Å²) in [5.41, 5.74) is 1.72. The third-order valence-electron chi connectivity index (χ3n) is 4.28. The summed E-state index contributed by atoms with van der Waals surface area (Å²) in [7, 11) is 1.27. The zero-order valence-corrected chi connectivity index (χ0v) is 15.4. The van der Waals surface area contributed by atoms with Crippen LogP contribution in [0.15, 0.2) is 18.2 Å². The summed E-state index contributed by atoms with van der Waals surface area (Å²) in [6, 6.07) is 2.87. The Morgan fingerprint density at radius 1 is 1.23 bits per heavy atom. The number of carbonyl (C=O) groups is 2. The van der Waals surface area contributed by atoms with Gasteiger partial charge in [-0.1, -0.05) is 0 Å². The van der Waals surface area contributed by atoms with Gasteiger partial charge in [0.25, 0.3) is 0 Å². The fourth-order valence-corrected chi connectivity index (χ4v) is 3.03. The monoisotopic (exact) mass is 365 g/mol. The Bertz CT molecular complexity index is 858. The molecule has 1 aromatic carbocycles. The summed E-state index contributed by atoms with van der Waals surface area (Å²) < 4.78 is 38.6. The lowest BCUT2D eigenvalue weighted by molar-refractivity contribution is 0.0587. The first kappa shape index (κ1) is 19.6. The van der Waals surface area contributed by atoms with Gasteiger partial charge < -0.3 is 14.0 Å². The van der Waals surface area contributed by atoms with Gasteiger partial charge in [0.1, 0.15) is 11.5 Å². The van der Waals surface area contributed by atoms with Gasteiger partial charge in [-0.15, -0.1) is 0 Å². The van der Waals surface area contributed by atoms with E-state index in [0.29, 0.717) is 35.1 Å². The first-order chi connectivity index (χ1) is 12.2. The summed E-state index contributed by atoms with van der Waals surface area (Å²) in [6.07, 6.45) is -1.02. The topological polar surface area (TPSA) is 57.5 Å². The molecule has 0 saturated heterocycles. The van der Waals surface area contributed by atoms with E-state index in [4.69, 9.17) is 9.47 Å². The first-order valence-corrected chi connectivity index (χ1v) is 8.16. The highest BCUT2D eigenvalue weighted by molar-refractivity contribution is 6.05. The van der Waals surface area contributed by atoms with Crippen LogP contribution in [0.5, 0.6) is 5.75 Å². The van der Waals surface area contributed by atoms with Crippen molar-refractivity contribution in [3.8, 4) is 5.75 Å². The van der Waals surface area contributed by atoms with Crippen LogP contribution in [-0.4, -0.2) is 29.5 Å². The molecule has 0 radical (unpaired) electrons. The third-order valence-corrected chi connectivity index (χ3v) is 4.28. The van der Waals surface area contributed by atoms with E-state index in [1.54, 1.807) is 18.4 Å². The number of carbonyl (C=O) groups excluding carboxylic acids is 2. The predicted molar refractivity (Wildman–Crippen MR) is 91.7 cm³/mol. The minimum absolute atomic E-state index is 0.217. The van der Waals surface area contributed by atoms with Gasteiger partial charge >= 0.3 is 5.97 Å². The first-order valence-electron chi connectivity index (χ1n) is 8.16.